The zero-order valence-electron chi connectivity index (χ0n) is 12.8. The summed E-state index contributed by atoms with van der Waals surface area (Å²) in [5.74, 6) is 0.861. The molecule has 1 aromatic heterocycles. The van der Waals surface area contributed by atoms with Crippen LogP contribution in [0.25, 0.3) is 0 Å². The van der Waals surface area contributed by atoms with Crippen molar-refractivity contribution in [1.82, 2.24) is 5.16 Å². The average Bonchev–Trinajstić information content (AvgIpc) is 3.13. The minimum absolute atomic E-state index is 0.0234. The van der Waals surface area contributed by atoms with Gasteiger partial charge in [-0.25, -0.2) is 0 Å². The van der Waals surface area contributed by atoms with Crippen molar-refractivity contribution in [1.29, 1.82) is 0 Å². The van der Waals surface area contributed by atoms with Crippen molar-refractivity contribution in [2.24, 2.45) is 0 Å². The maximum Gasteiger partial charge on any atom is 0.310 e. The molecule has 3 rings (SSSR count). The molecule has 0 aliphatic carbocycles. The Morgan fingerprint density at radius 2 is 2.00 bits per heavy atom. The zero-order valence-corrected chi connectivity index (χ0v) is 12.8. The topological polar surface area (TPSA) is 87.9 Å². The lowest BCUT2D eigenvalue weighted by molar-refractivity contribution is -0.141. The van der Waals surface area contributed by atoms with Crippen molar-refractivity contribution in [3.8, 4) is 11.5 Å². The van der Waals surface area contributed by atoms with Gasteiger partial charge in [-0.05, 0) is 32.0 Å². The second-order valence-corrected chi connectivity index (χ2v) is 5.13. The number of esters is 1. The van der Waals surface area contributed by atoms with Gasteiger partial charge in [0.05, 0.1) is 12.1 Å². The number of ether oxygens (including phenoxy) is 3. The molecule has 0 fully saturated rings. The fraction of sp³-hybridized carbons (Fsp3) is 0.312. The maximum atomic E-state index is 12.1. The highest BCUT2D eigenvalue weighted by Gasteiger charge is 2.18. The molecule has 2 heterocycles. The maximum absolute atomic E-state index is 12.1. The molecule has 7 nitrogen and oxygen atoms in total. The SMILES string of the molecule is Cc1noc(C)c1CC(=O)OCC(=O)c1ccc2c(c1)OCO2. The first-order valence-electron chi connectivity index (χ1n) is 7.05. The van der Waals surface area contributed by atoms with Crippen LogP contribution in [0, 0.1) is 13.8 Å². The number of hydrogen-bond acceptors (Lipinski definition) is 7. The quantitative estimate of drug-likeness (QED) is 0.615. The van der Waals surface area contributed by atoms with E-state index in [0.717, 1.165) is 0 Å². The van der Waals surface area contributed by atoms with Gasteiger partial charge >= 0.3 is 5.97 Å². The van der Waals surface area contributed by atoms with E-state index in [9.17, 15) is 9.59 Å². The van der Waals surface area contributed by atoms with Gasteiger partial charge in [-0.1, -0.05) is 5.16 Å². The minimum Gasteiger partial charge on any atom is -0.457 e. The molecule has 0 saturated heterocycles. The van der Waals surface area contributed by atoms with Crippen LogP contribution in [0.2, 0.25) is 0 Å². The van der Waals surface area contributed by atoms with E-state index < -0.39 is 5.97 Å². The monoisotopic (exact) mass is 317 g/mol. The fourth-order valence-corrected chi connectivity index (χ4v) is 2.25. The highest BCUT2D eigenvalue weighted by molar-refractivity contribution is 5.98. The van der Waals surface area contributed by atoms with Crippen LogP contribution < -0.4 is 9.47 Å². The number of aromatic nitrogens is 1. The molecule has 1 aromatic carbocycles. The normalized spacial score (nSPS) is 12.3. The highest BCUT2D eigenvalue weighted by atomic mass is 16.7. The summed E-state index contributed by atoms with van der Waals surface area (Å²) >= 11 is 0. The number of ketones is 1. The number of fused-ring (bicyclic) bond motifs is 1. The molecule has 1 aliphatic heterocycles. The molecule has 0 bridgehead atoms. The first-order chi connectivity index (χ1) is 11.0. The Kier molecular flexibility index (Phi) is 4.01. The van der Waals surface area contributed by atoms with Crippen LogP contribution in [-0.2, 0) is 16.0 Å². The first kappa shape index (κ1) is 15.1. The van der Waals surface area contributed by atoms with Gasteiger partial charge in [0.15, 0.2) is 23.9 Å². The average molecular weight is 317 g/mol. The predicted molar refractivity (Wildman–Crippen MR) is 77.5 cm³/mol. The molecule has 0 atom stereocenters. The lowest BCUT2D eigenvalue weighted by atomic mass is 10.1. The lowest BCUT2D eigenvalue weighted by Gasteiger charge is -2.05. The third-order valence-corrected chi connectivity index (χ3v) is 3.56. The van der Waals surface area contributed by atoms with Gasteiger partial charge in [-0.3, -0.25) is 9.59 Å². The zero-order chi connectivity index (χ0) is 16.4. The molecular weight excluding hydrogens is 302 g/mol. The molecule has 7 heteroatoms. The minimum atomic E-state index is -0.506. The van der Waals surface area contributed by atoms with Crippen molar-refractivity contribution in [2.45, 2.75) is 20.3 Å². The smallest absolute Gasteiger partial charge is 0.310 e. The molecule has 1 aliphatic rings. The second kappa shape index (κ2) is 6.12. The summed E-state index contributed by atoms with van der Waals surface area (Å²) in [6.45, 7) is 3.28. The third kappa shape index (κ3) is 3.18. The Morgan fingerprint density at radius 3 is 2.74 bits per heavy atom. The van der Waals surface area contributed by atoms with Crippen molar-refractivity contribution in [3.63, 3.8) is 0 Å². The molecule has 0 radical (unpaired) electrons. The summed E-state index contributed by atoms with van der Waals surface area (Å²) in [6, 6.07) is 4.84. The number of nitrogens with zero attached hydrogens (tertiary/aromatic N) is 1. The lowest BCUT2D eigenvalue weighted by Crippen LogP contribution is -2.16. The van der Waals surface area contributed by atoms with Crippen molar-refractivity contribution in [3.05, 3.63) is 40.8 Å². The van der Waals surface area contributed by atoms with Gasteiger partial charge in [0.2, 0.25) is 6.79 Å². The molecule has 0 unspecified atom stereocenters. The summed E-state index contributed by atoms with van der Waals surface area (Å²) in [5, 5.41) is 3.77. The van der Waals surface area contributed by atoms with E-state index in [1.807, 2.05) is 0 Å². The first-order valence-corrected chi connectivity index (χ1v) is 7.05. The summed E-state index contributed by atoms with van der Waals surface area (Å²) in [5.41, 5.74) is 1.73. The van der Waals surface area contributed by atoms with E-state index in [4.69, 9.17) is 18.7 Å². The second-order valence-electron chi connectivity index (χ2n) is 5.13. The van der Waals surface area contributed by atoms with E-state index in [1.54, 1.807) is 32.0 Å². The standard InChI is InChI=1S/C16H15NO6/c1-9-12(10(2)23-17-9)6-16(19)20-7-13(18)11-3-4-14-15(5-11)22-8-21-14/h3-5H,6-8H2,1-2H3. The molecule has 120 valence electrons. The summed E-state index contributed by atoms with van der Waals surface area (Å²) in [4.78, 5) is 23.9. The molecular formula is C16H15NO6. The Morgan fingerprint density at radius 1 is 1.22 bits per heavy atom. The fourth-order valence-electron chi connectivity index (χ4n) is 2.25. The number of carbonyl (C=O) groups is 2. The number of hydrogen-bond donors (Lipinski definition) is 0. The van der Waals surface area contributed by atoms with Crippen LogP contribution >= 0.6 is 0 Å². The van der Waals surface area contributed by atoms with Crippen LogP contribution in [-0.4, -0.2) is 30.3 Å². The van der Waals surface area contributed by atoms with Crippen LogP contribution in [0.15, 0.2) is 22.7 Å². The van der Waals surface area contributed by atoms with Crippen LogP contribution in [0.4, 0.5) is 0 Å². The van der Waals surface area contributed by atoms with Crippen molar-refractivity contribution < 1.29 is 28.3 Å². The Labute approximate surface area is 132 Å². The predicted octanol–water partition coefficient (Wildman–Crippen LogP) is 1.99. The van der Waals surface area contributed by atoms with E-state index in [-0.39, 0.29) is 25.6 Å². The van der Waals surface area contributed by atoms with Crippen molar-refractivity contribution >= 4 is 11.8 Å². The number of aryl methyl sites for hydroxylation is 2. The number of rotatable bonds is 5. The Balaban J connectivity index is 1.57. The Hall–Kier alpha value is -2.83. The summed E-state index contributed by atoms with van der Waals surface area (Å²) in [7, 11) is 0. The van der Waals surface area contributed by atoms with Gasteiger partial charge in [-0.2, -0.15) is 0 Å². The Bertz CT molecular complexity index is 744. The number of benzene rings is 1. The van der Waals surface area contributed by atoms with E-state index >= 15 is 0 Å². The largest absolute Gasteiger partial charge is 0.457 e. The summed E-state index contributed by atoms with van der Waals surface area (Å²) in [6.07, 6.45) is 0.0234. The number of carbonyl (C=O) groups excluding carboxylic acids is 2. The van der Waals surface area contributed by atoms with Gasteiger partial charge in [-0.15, -0.1) is 0 Å². The van der Waals surface area contributed by atoms with E-state index in [0.29, 0.717) is 34.1 Å². The highest BCUT2D eigenvalue weighted by Crippen LogP contribution is 2.32. The molecule has 23 heavy (non-hydrogen) atoms. The van der Waals surface area contributed by atoms with Gasteiger partial charge in [0.1, 0.15) is 5.76 Å². The summed E-state index contributed by atoms with van der Waals surface area (Å²) < 4.78 is 20.4. The van der Waals surface area contributed by atoms with Crippen molar-refractivity contribution in [2.75, 3.05) is 13.4 Å². The third-order valence-electron chi connectivity index (χ3n) is 3.56. The molecule has 2 aromatic rings. The van der Waals surface area contributed by atoms with E-state index in [2.05, 4.69) is 5.16 Å². The van der Waals surface area contributed by atoms with Gasteiger partial charge in [0.25, 0.3) is 0 Å². The number of Topliss-reactive ketones (excluding diaryl/α,β-unsaturated/α-hetero) is 1. The van der Waals surface area contributed by atoms with Gasteiger partial charge < -0.3 is 18.7 Å². The van der Waals surface area contributed by atoms with Crippen LogP contribution in [0.5, 0.6) is 11.5 Å². The molecule has 0 amide bonds. The molecule has 0 saturated carbocycles. The van der Waals surface area contributed by atoms with Crippen LogP contribution in [0.1, 0.15) is 27.4 Å². The van der Waals surface area contributed by atoms with E-state index in [1.165, 1.54) is 0 Å². The molecule has 0 spiro atoms. The van der Waals surface area contributed by atoms with Crippen LogP contribution in [0.3, 0.4) is 0 Å². The molecule has 0 N–H and O–H groups in total. The van der Waals surface area contributed by atoms with Gasteiger partial charge in [0, 0.05) is 11.1 Å².